The van der Waals surface area contributed by atoms with Crippen LogP contribution in [0.25, 0.3) is 0 Å². The molecule has 1 aliphatic heterocycles. The predicted molar refractivity (Wildman–Crippen MR) is 152 cm³/mol. The van der Waals surface area contributed by atoms with Crippen LogP contribution < -0.4 is 5.32 Å². The lowest BCUT2D eigenvalue weighted by molar-refractivity contribution is -0.117. The van der Waals surface area contributed by atoms with E-state index in [0.717, 1.165) is 25.0 Å². The summed E-state index contributed by atoms with van der Waals surface area (Å²) in [6, 6.07) is -0.189. The summed E-state index contributed by atoms with van der Waals surface area (Å²) >= 11 is 0. The fraction of sp³-hybridized carbons (Fsp3) is 0.844. The van der Waals surface area contributed by atoms with Gasteiger partial charge < -0.3 is 10.2 Å². The summed E-state index contributed by atoms with van der Waals surface area (Å²) in [5.41, 5.74) is 2.71. The fourth-order valence-electron chi connectivity index (χ4n) is 9.49. The molecule has 0 radical (unpaired) electrons. The molecule has 0 aromatic rings. The Bertz CT molecular complexity index is 1010. The Morgan fingerprint density at radius 1 is 1.15 bits per heavy atom. The van der Waals surface area contributed by atoms with Gasteiger partial charge in [0.25, 0.3) is 0 Å². The SMILES string of the molecule is C/C(=N\OC(=O)N(CCC1NCCC1F)CC(C)C)[C@H]1CC[C@H]2[C@@H]3CCC4=CC(=O)CC[C@]4(C)[C@H]3CC[C@]12C. The molecule has 218 valence electrons. The highest BCUT2D eigenvalue weighted by Crippen LogP contribution is 2.66. The molecule has 7 heteroatoms. The van der Waals surface area contributed by atoms with Gasteiger partial charge in [-0.2, -0.15) is 0 Å². The van der Waals surface area contributed by atoms with E-state index >= 15 is 0 Å². The molecule has 5 aliphatic rings. The number of halogens is 1. The monoisotopic (exact) mass is 543 g/mol. The molecule has 5 rings (SSSR count). The molecule has 1 heterocycles. The van der Waals surface area contributed by atoms with Crippen LogP contribution in [-0.4, -0.2) is 54.3 Å². The molecule has 4 aliphatic carbocycles. The molecule has 0 bridgehead atoms. The van der Waals surface area contributed by atoms with Crippen molar-refractivity contribution in [3.63, 3.8) is 0 Å². The maximum absolute atomic E-state index is 14.1. The lowest BCUT2D eigenvalue weighted by atomic mass is 9.46. The van der Waals surface area contributed by atoms with Crippen LogP contribution in [0.15, 0.2) is 16.8 Å². The number of carbonyl (C=O) groups excluding carboxylic acids is 2. The van der Waals surface area contributed by atoms with Crippen molar-refractivity contribution >= 4 is 17.6 Å². The van der Waals surface area contributed by atoms with Crippen LogP contribution in [0.3, 0.4) is 0 Å². The number of hydrogen-bond acceptors (Lipinski definition) is 5. The Morgan fingerprint density at radius 3 is 2.67 bits per heavy atom. The highest BCUT2D eigenvalue weighted by molar-refractivity contribution is 5.91. The number of allylic oxidation sites excluding steroid dienone is 1. The Balaban J connectivity index is 1.24. The Labute approximate surface area is 234 Å². The van der Waals surface area contributed by atoms with Gasteiger partial charge >= 0.3 is 6.09 Å². The van der Waals surface area contributed by atoms with E-state index in [2.05, 4.69) is 38.2 Å². The van der Waals surface area contributed by atoms with Gasteiger partial charge in [0.1, 0.15) is 6.17 Å². The van der Waals surface area contributed by atoms with Gasteiger partial charge in [0.15, 0.2) is 5.78 Å². The van der Waals surface area contributed by atoms with Gasteiger partial charge in [-0.25, -0.2) is 9.18 Å². The van der Waals surface area contributed by atoms with Gasteiger partial charge in [0.05, 0.1) is 5.71 Å². The lowest BCUT2D eigenvalue weighted by Gasteiger charge is -2.58. The van der Waals surface area contributed by atoms with Crippen molar-refractivity contribution < 1.29 is 18.8 Å². The van der Waals surface area contributed by atoms with E-state index in [1.807, 2.05) is 13.0 Å². The van der Waals surface area contributed by atoms with Crippen molar-refractivity contribution in [1.29, 1.82) is 0 Å². The topological polar surface area (TPSA) is 71.0 Å². The molecule has 4 fully saturated rings. The molecular weight excluding hydrogens is 493 g/mol. The normalized spacial score (nSPS) is 40.1. The number of nitrogens with zero attached hydrogens (tertiary/aromatic N) is 2. The maximum Gasteiger partial charge on any atom is 0.435 e. The van der Waals surface area contributed by atoms with Crippen molar-refractivity contribution in [2.24, 2.45) is 45.6 Å². The molecule has 0 aromatic carbocycles. The van der Waals surface area contributed by atoms with E-state index in [1.54, 1.807) is 4.90 Å². The number of oxime groups is 1. The van der Waals surface area contributed by atoms with Crippen molar-refractivity contribution in [1.82, 2.24) is 10.2 Å². The summed E-state index contributed by atoms with van der Waals surface area (Å²) in [6.45, 7) is 12.8. The number of hydrogen-bond donors (Lipinski definition) is 1. The van der Waals surface area contributed by atoms with Gasteiger partial charge in [-0.15, -0.1) is 0 Å². The van der Waals surface area contributed by atoms with Gasteiger partial charge in [-0.05, 0) is 112 Å². The number of rotatable bonds is 7. The van der Waals surface area contributed by atoms with Gasteiger partial charge in [-0.3, -0.25) is 9.63 Å². The standard InChI is InChI=1S/C32H50FN3O3/c1-20(2)19-36(17-13-29-28(33)12-16-34-29)30(38)39-35-21(3)25-8-9-26-24-7-6-22-18-23(37)10-14-31(22,4)27(24)11-15-32(25,26)5/h18,20,24-29,34H,6-17,19H2,1-5H3/b35-21+/t24-,25+,26-,27-,28?,29?,31-,32+/m0/s1. The van der Waals surface area contributed by atoms with Crippen LogP contribution in [0.4, 0.5) is 9.18 Å². The van der Waals surface area contributed by atoms with E-state index in [1.165, 1.54) is 31.3 Å². The third-order valence-corrected chi connectivity index (χ3v) is 11.6. The first-order valence-electron chi connectivity index (χ1n) is 15.6. The van der Waals surface area contributed by atoms with Crippen LogP contribution in [0.2, 0.25) is 0 Å². The highest BCUT2D eigenvalue weighted by Gasteiger charge is 2.59. The minimum Gasteiger partial charge on any atom is -0.311 e. The number of nitrogens with one attached hydrogen (secondary N) is 1. The first kappa shape index (κ1) is 28.8. The van der Waals surface area contributed by atoms with Crippen LogP contribution in [0.5, 0.6) is 0 Å². The fourth-order valence-corrected chi connectivity index (χ4v) is 9.49. The van der Waals surface area contributed by atoms with Crippen LogP contribution in [0, 0.1) is 40.4 Å². The van der Waals surface area contributed by atoms with E-state index in [4.69, 9.17) is 4.84 Å². The zero-order valence-electron chi connectivity index (χ0n) is 24.8. The second kappa shape index (κ2) is 11.3. The summed E-state index contributed by atoms with van der Waals surface area (Å²) in [5, 5.41) is 7.66. The highest BCUT2D eigenvalue weighted by atomic mass is 19.1. The van der Waals surface area contributed by atoms with Crippen molar-refractivity contribution in [3.8, 4) is 0 Å². The third-order valence-electron chi connectivity index (χ3n) is 11.6. The summed E-state index contributed by atoms with van der Waals surface area (Å²) in [5.74, 6) is 2.95. The molecule has 39 heavy (non-hydrogen) atoms. The molecule has 3 saturated carbocycles. The average Bonchev–Trinajstić information content (AvgIpc) is 3.47. The second-order valence-corrected chi connectivity index (χ2v) is 14.2. The third kappa shape index (κ3) is 5.46. The largest absolute Gasteiger partial charge is 0.435 e. The summed E-state index contributed by atoms with van der Waals surface area (Å²) in [7, 11) is 0. The number of fused-ring (bicyclic) bond motifs is 5. The summed E-state index contributed by atoms with van der Waals surface area (Å²) in [6.07, 6.45) is 10.5. The lowest BCUT2D eigenvalue weighted by Crippen LogP contribution is -2.51. The number of alkyl halides is 1. The Hall–Kier alpha value is -1.76. The van der Waals surface area contributed by atoms with Gasteiger partial charge in [0.2, 0.25) is 0 Å². The summed E-state index contributed by atoms with van der Waals surface area (Å²) < 4.78 is 14.1. The zero-order chi connectivity index (χ0) is 27.9. The van der Waals surface area contributed by atoms with Crippen LogP contribution >= 0.6 is 0 Å². The quantitative estimate of drug-likeness (QED) is 0.220. The van der Waals surface area contributed by atoms with Crippen LogP contribution in [0.1, 0.15) is 98.8 Å². The Morgan fingerprint density at radius 2 is 1.95 bits per heavy atom. The van der Waals surface area contributed by atoms with Crippen LogP contribution in [-0.2, 0) is 9.63 Å². The second-order valence-electron chi connectivity index (χ2n) is 14.2. The van der Waals surface area contributed by atoms with E-state index in [9.17, 15) is 14.0 Å². The molecule has 1 amide bonds. The van der Waals surface area contributed by atoms with Crippen molar-refractivity contribution in [3.05, 3.63) is 11.6 Å². The van der Waals surface area contributed by atoms with Gasteiger partial charge in [-0.1, -0.05) is 38.4 Å². The first-order chi connectivity index (χ1) is 18.5. The molecule has 1 N–H and O–H groups in total. The predicted octanol–water partition coefficient (Wildman–Crippen LogP) is 6.70. The molecule has 8 atom stereocenters. The minimum absolute atomic E-state index is 0.172. The number of amides is 1. The molecule has 0 spiro atoms. The Kier molecular flexibility index (Phi) is 8.30. The molecule has 0 aromatic heterocycles. The number of ketones is 1. The average molecular weight is 544 g/mol. The summed E-state index contributed by atoms with van der Waals surface area (Å²) in [4.78, 5) is 32.5. The van der Waals surface area contributed by atoms with E-state index in [-0.39, 0.29) is 16.9 Å². The van der Waals surface area contributed by atoms with Gasteiger partial charge in [0, 0.05) is 31.5 Å². The minimum atomic E-state index is -0.844. The molecule has 1 saturated heterocycles. The number of carbonyl (C=O) groups is 2. The van der Waals surface area contributed by atoms with E-state index in [0.29, 0.717) is 74.3 Å². The van der Waals surface area contributed by atoms with Crippen molar-refractivity contribution in [2.75, 3.05) is 19.6 Å². The molecule has 6 nitrogen and oxygen atoms in total. The zero-order valence-corrected chi connectivity index (χ0v) is 24.8. The first-order valence-corrected chi connectivity index (χ1v) is 15.6. The smallest absolute Gasteiger partial charge is 0.311 e. The van der Waals surface area contributed by atoms with E-state index < -0.39 is 12.3 Å². The maximum atomic E-state index is 14.1. The molecular formula is C32H50FN3O3. The molecule has 2 unspecified atom stereocenters. The van der Waals surface area contributed by atoms with Crippen molar-refractivity contribution in [2.45, 2.75) is 111 Å².